The Hall–Kier alpha value is -1.61. The first-order valence-corrected chi connectivity index (χ1v) is 6.76. The molecule has 1 saturated heterocycles. The Bertz CT molecular complexity index is 594. The summed E-state index contributed by atoms with van der Waals surface area (Å²) in [4.78, 5) is 10.5. The number of nitrogens with two attached hydrogens (primary N) is 1. The first-order valence-electron chi connectivity index (χ1n) is 5.94. The van der Waals surface area contributed by atoms with Gasteiger partial charge in [-0.3, -0.25) is 4.90 Å². The highest BCUT2D eigenvalue weighted by molar-refractivity contribution is 8.03. The molecule has 7 nitrogen and oxygen atoms in total. The number of anilines is 2. The Morgan fingerprint density at radius 1 is 1.50 bits per heavy atom. The number of aliphatic hydroxyl groups is 2. The molecule has 3 rings (SSSR count). The van der Waals surface area contributed by atoms with E-state index in [1.54, 1.807) is 11.1 Å². The molecule has 1 fully saturated rings. The quantitative estimate of drug-likeness (QED) is 0.659. The van der Waals surface area contributed by atoms with Crippen LogP contribution in [0, 0.1) is 0 Å². The van der Waals surface area contributed by atoms with Crippen LogP contribution >= 0.6 is 11.8 Å². The minimum atomic E-state index is -0.938. The van der Waals surface area contributed by atoms with Crippen molar-refractivity contribution in [1.82, 2.24) is 9.97 Å². The largest absolute Gasteiger partial charge is 0.393 e. The van der Waals surface area contributed by atoms with Gasteiger partial charge >= 0.3 is 0 Å². The maximum Gasteiger partial charge on any atom is 0.222 e. The summed E-state index contributed by atoms with van der Waals surface area (Å²) in [6, 6.07) is 0. The second kappa shape index (κ2) is 4.74. The Morgan fingerprint density at radius 2 is 2.25 bits per heavy atom. The van der Waals surface area contributed by atoms with Crippen molar-refractivity contribution >= 4 is 23.5 Å². The fraction of sp³-hybridized carbons (Fsp3) is 0.333. The third kappa shape index (κ3) is 1.88. The van der Waals surface area contributed by atoms with Gasteiger partial charge in [-0.25, -0.2) is 4.98 Å². The maximum atomic E-state index is 10.2. The minimum absolute atomic E-state index is 0.133. The van der Waals surface area contributed by atoms with Gasteiger partial charge in [0.25, 0.3) is 0 Å². The van der Waals surface area contributed by atoms with Gasteiger partial charge in [-0.2, -0.15) is 4.98 Å². The van der Waals surface area contributed by atoms with Crippen LogP contribution in [-0.2, 0) is 4.74 Å². The van der Waals surface area contributed by atoms with Gasteiger partial charge in [0.2, 0.25) is 5.95 Å². The van der Waals surface area contributed by atoms with Gasteiger partial charge in [0.05, 0.1) is 16.5 Å². The number of rotatable bonds is 2. The van der Waals surface area contributed by atoms with Crippen LogP contribution < -0.4 is 10.6 Å². The Kier molecular flexibility index (Phi) is 3.17. The molecule has 1 aromatic heterocycles. The number of nitrogens with zero attached hydrogens (tertiary/aromatic N) is 3. The van der Waals surface area contributed by atoms with Crippen LogP contribution in [0.5, 0.6) is 0 Å². The van der Waals surface area contributed by atoms with Crippen molar-refractivity contribution in [3.05, 3.63) is 30.0 Å². The molecule has 0 amide bonds. The predicted octanol–water partition coefficient (Wildman–Crippen LogP) is 0.0764. The summed E-state index contributed by atoms with van der Waals surface area (Å²) in [7, 11) is 0. The van der Waals surface area contributed by atoms with Crippen molar-refractivity contribution < 1.29 is 14.9 Å². The lowest BCUT2D eigenvalue weighted by molar-refractivity contribution is -0.00562. The van der Waals surface area contributed by atoms with Crippen molar-refractivity contribution in [1.29, 1.82) is 0 Å². The highest BCUT2D eigenvalue weighted by Crippen LogP contribution is 2.47. The van der Waals surface area contributed by atoms with Gasteiger partial charge < -0.3 is 20.7 Å². The van der Waals surface area contributed by atoms with Crippen LogP contribution in [0.25, 0.3) is 0 Å². The topological polar surface area (TPSA) is 105 Å². The summed E-state index contributed by atoms with van der Waals surface area (Å²) in [6.07, 6.45) is -0.661. The molecule has 3 atom stereocenters. The Balaban J connectivity index is 1.98. The molecule has 1 aromatic rings. The second-order valence-electron chi connectivity index (χ2n) is 4.50. The number of hydrogen-bond acceptors (Lipinski definition) is 8. The standard InChI is InChI=1S/C12H14N4O3S/c1-5-7(4-17)19-11(9(5)18)16-6(2)20-8-3-14-12(13)15-10(8)16/h3,7,9,11,17-18H,1-2,4H2,(H2,13,14,15)/t7-,9-,11-/m1/s1. The molecule has 0 aromatic carbocycles. The maximum absolute atomic E-state index is 10.2. The van der Waals surface area contributed by atoms with E-state index in [1.165, 1.54) is 11.8 Å². The molecule has 2 aliphatic rings. The number of thioether (sulfide) groups is 1. The number of nitrogen functional groups attached to an aromatic ring is 1. The average molecular weight is 294 g/mol. The average Bonchev–Trinajstić information content (AvgIpc) is 2.88. The predicted molar refractivity (Wildman–Crippen MR) is 74.8 cm³/mol. The summed E-state index contributed by atoms with van der Waals surface area (Å²) in [5.74, 6) is 0.678. The highest BCUT2D eigenvalue weighted by Gasteiger charge is 2.45. The monoisotopic (exact) mass is 294 g/mol. The van der Waals surface area contributed by atoms with E-state index in [1.807, 2.05) is 0 Å². The van der Waals surface area contributed by atoms with Gasteiger partial charge in [0.15, 0.2) is 12.0 Å². The molecule has 4 N–H and O–H groups in total. The van der Waals surface area contributed by atoms with Gasteiger partial charge in [-0.05, 0) is 5.57 Å². The van der Waals surface area contributed by atoms with Crippen molar-refractivity contribution in [3.8, 4) is 0 Å². The fourth-order valence-electron chi connectivity index (χ4n) is 2.24. The van der Waals surface area contributed by atoms with Crippen molar-refractivity contribution in [2.75, 3.05) is 17.2 Å². The van der Waals surface area contributed by atoms with Gasteiger partial charge in [0.1, 0.15) is 12.2 Å². The first kappa shape index (κ1) is 13.4. The zero-order valence-corrected chi connectivity index (χ0v) is 11.4. The van der Waals surface area contributed by atoms with E-state index in [-0.39, 0.29) is 12.6 Å². The second-order valence-corrected chi connectivity index (χ2v) is 5.61. The number of fused-ring (bicyclic) bond motifs is 1. The van der Waals surface area contributed by atoms with E-state index < -0.39 is 18.4 Å². The lowest BCUT2D eigenvalue weighted by atomic mass is 10.1. The van der Waals surface area contributed by atoms with Crippen molar-refractivity contribution in [3.63, 3.8) is 0 Å². The molecule has 0 unspecified atom stereocenters. The zero-order valence-electron chi connectivity index (χ0n) is 10.6. The van der Waals surface area contributed by atoms with Crippen LogP contribution in [0.3, 0.4) is 0 Å². The van der Waals surface area contributed by atoms with Gasteiger partial charge in [-0.15, -0.1) is 0 Å². The van der Waals surface area contributed by atoms with E-state index in [9.17, 15) is 10.2 Å². The van der Waals surface area contributed by atoms with Gasteiger partial charge in [0, 0.05) is 6.20 Å². The van der Waals surface area contributed by atoms with Crippen LogP contribution in [0.1, 0.15) is 0 Å². The summed E-state index contributed by atoms with van der Waals surface area (Å²) in [5, 5.41) is 20.1. The third-order valence-corrected chi connectivity index (χ3v) is 4.21. The lowest BCUT2D eigenvalue weighted by Gasteiger charge is -2.27. The molecule has 0 aliphatic carbocycles. The Labute approximate surface area is 119 Å². The number of hydrogen-bond donors (Lipinski definition) is 3. The SMILES string of the molecule is C=C1[C@@H](O)[C@H](N2C(=C)Sc3cnc(N)nc32)O[C@@H]1CO. The molecule has 3 heterocycles. The van der Waals surface area contributed by atoms with Crippen LogP contribution in [-0.4, -0.2) is 45.2 Å². The molecule has 106 valence electrons. The third-order valence-electron chi connectivity index (χ3n) is 3.27. The molecule has 20 heavy (non-hydrogen) atoms. The molecule has 0 saturated carbocycles. The van der Waals surface area contributed by atoms with E-state index in [2.05, 4.69) is 23.1 Å². The summed E-state index contributed by atoms with van der Waals surface area (Å²) >= 11 is 1.37. The normalized spacial score (nSPS) is 29.1. The number of aliphatic hydroxyl groups excluding tert-OH is 2. The lowest BCUT2D eigenvalue weighted by Crippen LogP contribution is -2.39. The van der Waals surface area contributed by atoms with E-state index in [4.69, 9.17) is 10.5 Å². The van der Waals surface area contributed by atoms with Gasteiger partial charge in [-0.1, -0.05) is 24.9 Å². The summed E-state index contributed by atoms with van der Waals surface area (Å²) in [5.41, 5.74) is 6.04. The van der Waals surface area contributed by atoms with Crippen molar-refractivity contribution in [2.24, 2.45) is 0 Å². The number of aromatic nitrogens is 2. The zero-order chi connectivity index (χ0) is 14.4. The molecule has 2 aliphatic heterocycles. The van der Waals surface area contributed by atoms with Crippen molar-refractivity contribution in [2.45, 2.75) is 23.3 Å². The molecular formula is C12H14N4O3S. The summed E-state index contributed by atoms with van der Waals surface area (Å²) in [6.45, 7) is 7.45. The number of ether oxygens (including phenoxy) is 1. The molecule has 0 spiro atoms. The van der Waals surface area contributed by atoms with Crippen LogP contribution in [0.15, 0.2) is 34.9 Å². The smallest absolute Gasteiger partial charge is 0.222 e. The van der Waals surface area contributed by atoms with E-state index in [0.29, 0.717) is 16.4 Å². The molecule has 0 bridgehead atoms. The molecule has 8 heteroatoms. The van der Waals surface area contributed by atoms with Crippen LogP contribution in [0.2, 0.25) is 0 Å². The van der Waals surface area contributed by atoms with Crippen LogP contribution in [0.4, 0.5) is 11.8 Å². The van der Waals surface area contributed by atoms with E-state index >= 15 is 0 Å². The fourth-order valence-corrected chi connectivity index (χ4v) is 3.13. The van der Waals surface area contributed by atoms with E-state index in [0.717, 1.165) is 4.90 Å². The first-order chi connectivity index (χ1) is 9.52. The molecule has 0 radical (unpaired) electrons. The minimum Gasteiger partial charge on any atom is -0.393 e. The highest BCUT2D eigenvalue weighted by atomic mass is 32.2. The molecular weight excluding hydrogens is 280 g/mol. The Morgan fingerprint density at radius 3 is 2.90 bits per heavy atom. The summed E-state index contributed by atoms with van der Waals surface area (Å²) < 4.78 is 5.64.